The third-order valence-electron chi connectivity index (χ3n) is 5.49. The number of carbonyl (C=O) groups is 1. The minimum atomic E-state index is -0.469. The van der Waals surface area contributed by atoms with Crippen LogP contribution in [-0.2, 0) is 4.79 Å². The fourth-order valence-electron chi connectivity index (χ4n) is 3.95. The molecule has 1 aromatic carbocycles. The molecule has 7 heteroatoms. The van der Waals surface area contributed by atoms with E-state index in [9.17, 15) is 9.90 Å². The topological polar surface area (TPSA) is 71.0 Å². The Morgan fingerprint density at radius 2 is 2.17 bits per heavy atom. The summed E-state index contributed by atoms with van der Waals surface area (Å²) in [5.41, 5.74) is 0.881. The number of hydrogen-bond donors (Lipinski definition) is 2. The van der Waals surface area contributed by atoms with Crippen molar-refractivity contribution in [3.05, 3.63) is 46.2 Å². The van der Waals surface area contributed by atoms with Gasteiger partial charge in [-0.15, -0.1) is 11.3 Å². The SMILES string of the molecule is COc1ccc(OC)c([C@H](C)NC(=O)CN2CCC[C@@H]2C[C@H](O)c2cccs2)c1. The molecular formula is C22H30N2O4S. The highest BCUT2D eigenvalue weighted by Crippen LogP contribution is 2.31. The maximum atomic E-state index is 12.7. The van der Waals surface area contributed by atoms with Gasteiger partial charge < -0.3 is 19.9 Å². The molecule has 1 aromatic heterocycles. The Morgan fingerprint density at radius 1 is 1.34 bits per heavy atom. The number of thiophene rings is 1. The smallest absolute Gasteiger partial charge is 0.234 e. The van der Waals surface area contributed by atoms with Crippen LogP contribution in [0.25, 0.3) is 0 Å². The van der Waals surface area contributed by atoms with E-state index in [4.69, 9.17) is 9.47 Å². The second kappa shape index (κ2) is 10.1. The molecule has 0 bridgehead atoms. The molecule has 1 aliphatic rings. The van der Waals surface area contributed by atoms with Crippen molar-refractivity contribution in [1.29, 1.82) is 0 Å². The van der Waals surface area contributed by atoms with Crippen LogP contribution >= 0.6 is 11.3 Å². The van der Waals surface area contributed by atoms with E-state index in [1.54, 1.807) is 25.6 Å². The van der Waals surface area contributed by atoms with Gasteiger partial charge in [0.25, 0.3) is 0 Å². The first-order chi connectivity index (χ1) is 14.0. The second-order valence-corrected chi connectivity index (χ2v) is 8.41. The Bertz CT molecular complexity index is 796. The van der Waals surface area contributed by atoms with Crippen LogP contribution in [0.15, 0.2) is 35.7 Å². The Kier molecular flexibility index (Phi) is 7.52. The largest absolute Gasteiger partial charge is 0.497 e. The van der Waals surface area contributed by atoms with Crippen molar-refractivity contribution in [3.8, 4) is 11.5 Å². The molecule has 1 fully saturated rings. The highest BCUT2D eigenvalue weighted by atomic mass is 32.1. The first-order valence-electron chi connectivity index (χ1n) is 9.98. The number of aliphatic hydroxyl groups is 1. The van der Waals surface area contributed by atoms with Crippen molar-refractivity contribution < 1.29 is 19.4 Å². The van der Waals surface area contributed by atoms with Gasteiger partial charge in [-0.25, -0.2) is 0 Å². The van der Waals surface area contributed by atoms with Gasteiger partial charge in [0.2, 0.25) is 5.91 Å². The number of carbonyl (C=O) groups excluding carboxylic acids is 1. The van der Waals surface area contributed by atoms with Crippen LogP contribution < -0.4 is 14.8 Å². The average Bonchev–Trinajstić information content (AvgIpc) is 3.40. The monoisotopic (exact) mass is 418 g/mol. The molecule has 6 nitrogen and oxygen atoms in total. The minimum absolute atomic E-state index is 0.0279. The lowest BCUT2D eigenvalue weighted by Gasteiger charge is -2.26. The van der Waals surface area contributed by atoms with Crippen molar-refractivity contribution in [2.45, 2.75) is 44.4 Å². The molecule has 0 radical (unpaired) electrons. The molecule has 0 unspecified atom stereocenters. The third-order valence-corrected chi connectivity index (χ3v) is 6.47. The number of hydrogen-bond acceptors (Lipinski definition) is 6. The second-order valence-electron chi connectivity index (χ2n) is 7.43. The molecule has 0 saturated carbocycles. The molecule has 3 rings (SSSR count). The lowest BCUT2D eigenvalue weighted by Crippen LogP contribution is -2.41. The molecule has 0 aliphatic carbocycles. The number of ether oxygens (including phenoxy) is 2. The van der Waals surface area contributed by atoms with E-state index in [0.717, 1.165) is 41.3 Å². The predicted octanol–water partition coefficient (Wildman–Crippen LogP) is 3.53. The van der Waals surface area contributed by atoms with Gasteiger partial charge in [0.15, 0.2) is 0 Å². The Hall–Kier alpha value is -2.09. The molecule has 1 aliphatic heterocycles. The zero-order chi connectivity index (χ0) is 20.8. The Morgan fingerprint density at radius 3 is 2.86 bits per heavy atom. The van der Waals surface area contributed by atoms with E-state index >= 15 is 0 Å². The summed E-state index contributed by atoms with van der Waals surface area (Å²) < 4.78 is 10.7. The fourth-order valence-corrected chi connectivity index (χ4v) is 4.68. The highest BCUT2D eigenvalue weighted by molar-refractivity contribution is 7.10. The predicted molar refractivity (Wildman–Crippen MR) is 115 cm³/mol. The van der Waals surface area contributed by atoms with Gasteiger partial charge in [0, 0.05) is 16.5 Å². The van der Waals surface area contributed by atoms with Crippen LogP contribution in [0.5, 0.6) is 11.5 Å². The molecule has 29 heavy (non-hydrogen) atoms. The molecule has 0 spiro atoms. The van der Waals surface area contributed by atoms with Gasteiger partial charge in [-0.05, 0) is 62.4 Å². The highest BCUT2D eigenvalue weighted by Gasteiger charge is 2.29. The Balaban J connectivity index is 1.58. The molecule has 1 saturated heterocycles. The molecule has 2 aromatic rings. The van der Waals surface area contributed by atoms with E-state index in [1.165, 1.54) is 0 Å². The molecule has 158 valence electrons. The lowest BCUT2D eigenvalue weighted by molar-refractivity contribution is -0.123. The van der Waals surface area contributed by atoms with Crippen molar-refractivity contribution in [2.24, 2.45) is 0 Å². The summed E-state index contributed by atoms with van der Waals surface area (Å²) in [6.07, 6.45) is 2.25. The summed E-state index contributed by atoms with van der Waals surface area (Å²) in [5, 5.41) is 15.5. The van der Waals surface area contributed by atoms with Crippen LogP contribution in [0.2, 0.25) is 0 Å². The van der Waals surface area contributed by atoms with E-state index < -0.39 is 6.10 Å². The lowest BCUT2D eigenvalue weighted by atomic mass is 10.1. The van der Waals surface area contributed by atoms with Gasteiger partial charge in [0.1, 0.15) is 11.5 Å². The van der Waals surface area contributed by atoms with Crippen molar-refractivity contribution in [3.63, 3.8) is 0 Å². The number of likely N-dealkylation sites (tertiary alicyclic amines) is 1. The van der Waals surface area contributed by atoms with Crippen LogP contribution in [0.4, 0.5) is 0 Å². The maximum absolute atomic E-state index is 12.7. The van der Waals surface area contributed by atoms with E-state index in [1.807, 2.05) is 42.6 Å². The molecular weight excluding hydrogens is 388 g/mol. The van der Waals surface area contributed by atoms with Gasteiger partial charge in [-0.2, -0.15) is 0 Å². The normalized spacial score (nSPS) is 19.0. The van der Waals surface area contributed by atoms with Gasteiger partial charge >= 0.3 is 0 Å². The van der Waals surface area contributed by atoms with E-state index in [0.29, 0.717) is 13.0 Å². The molecule has 2 N–H and O–H groups in total. The van der Waals surface area contributed by atoms with Crippen LogP contribution in [0.1, 0.15) is 48.8 Å². The van der Waals surface area contributed by atoms with Crippen molar-refractivity contribution in [1.82, 2.24) is 10.2 Å². The summed E-state index contributed by atoms with van der Waals surface area (Å²) >= 11 is 1.57. The maximum Gasteiger partial charge on any atom is 0.234 e. The standard InChI is InChI=1S/C22H30N2O4S/c1-15(18-13-17(27-2)8-9-20(18)28-3)23-22(26)14-24-10-4-6-16(24)12-19(25)21-7-5-11-29-21/h5,7-9,11,13,15-16,19,25H,4,6,10,12,14H2,1-3H3,(H,23,26)/t15-,16+,19-/m0/s1. The first-order valence-corrected chi connectivity index (χ1v) is 10.9. The van der Waals surface area contributed by atoms with Gasteiger partial charge in [-0.3, -0.25) is 9.69 Å². The van der Waals surface area contributed by atoms with Crippen LogP contribution in [0, 0.1) is 0 Å². The number of rotatable bonds is 9. The zero-order valence-electron chi connectivity index (χ0n) is 17.3. The van der Waals surface area contributed by atoms with Gasteiger partial charge in [0.05, 0.1) is 32.9 Å². The number of nitrogens with zero attached hydrogens (tertiary/aromatic N) is 1. The van der Waals surface area contributed by atoms with Gasteiger partial charge in [-0.1, -0.05) is 6.07 Å². The minimum Gasteiger partial charge on any atom is -0.497 e. The fraction of sp³-hybridized carbons (Fsp3) is 0.500. The summed E-state index contributed by atoms with van der Waals surface area (Å²) in [6.45, 7) is 3.15. The summed E-state index contributed by atoms with van der Waals surface area (Å²) in [5.74, 6) is 1.42. The van der Waals surface area contributed by atoms with Crippen LogP contribution in [0.3, 0.4) is 0 Å². The number of amides is 1. The quantitative estimate of drug-likeness (QED) is 0.652. The van der Waals surface area contributed by atoms with Crippen LogP contribution in [-0.4, -0.2) is 49.3 Å². The van der Waals surface area contributed by atoms with Crippen molar-refractivity contribution >= 4 is 17.2 Å². The van der Waals surface area contributed by atoms with Crippen molar-refractivity contribution in [2.75, 3.05) is 27.3 Å². The molecule has 1 amide bonds. The molecule has 3 atom stereocenters. The van der Waals surface area contributed by atoms with E-state index in [2.05, 4.69) is 10.2 Å². The summed E-state index contributed by atoms with van der Waals surface area (Å²) in [7, 11) is 3.24. The molecule has 2 heterocycles. The zero-order valence-corrected chi connectivity index (χ0v) is 18.1. The number of methoxy groups -OCH3 is 2. The number of benzene rings is 1. The number of nitrogens with one attached hydrogen (secondary N) is 1. The number of aliphatic hydroxyl groups excluding tert-OH is 1. The first kappa shape index (κ1) is 21.6. The average molecular weight is 419 g/mol. The van der Waals surface area contributed by atoms with E-state index in [-0.39, 0.29) is 18.0 Å². The Labute approximate surface area is 176 Å². The summed E-state index contributed by atoms with van der Waals surface area (Å²) in [4.78, 5) is 15.9. The summed E-state index contributed by atoms with van der Waals surface area (Å²) in [6, 6.07) is 9.51. The third kappa shape index (κ3) is 5.50.